The van der Waals surface area contributed by atoms with Crippen molar-refractivity contribution in [1.29, 1.82) is 5.26 Å². The van der Waals surface area contributed by atoms with Crippen LogP contribution in [-0.4, -0.2) is 12.4 Å². The average molecular weight is 217 g/mol. The Hall–Kier alpha value is -1.56. The monoisotopic (exact) mass is 217 g/mol. The minimum Gasteiger partial charge on any atom is -0.489 e. The van der Waals surface area contributed by atoms with E-state index in [0.29, 0.717) is 17.8 Å². The van der Waals surface area contributed by atoms with Gasteiger partial charge >= 0.3 is 0 Å². The molecule has 16 heavy (non-hydrogen) atoms. The molecule has 3 heteroatoms. The van der Waals surface area contributed by atoms with E-state index in [1.165, 1.54) is 12.8 Å². The van der Waals surface area contributed by atoms with Crippen molar-refractivity contribution in [2.45, 2.75) is 38.2 Å². The molecular formula is C13H15NO2. The van der Waals surface area contributed by atoms with E-state index in [1.807, 2.05) is 6.08 Å². The lowest BCUT2D eigenvalue weighted by Crippen LogP contribution is -2.12. The lowest BCUT2D eigenvalue weighted by atomic mass is 9.95. The Morgan fingerprint density at radius 2 is 2.19 bits per heavy atom. The summed E-state index contributed by atoms with van der Waals surface area (Å²) in [6, 6.07) is 2.14. The summed E-state index contributed by atoms with van der Waals surface area (Å²) in [7, 11) is 0. The minimum atomic E-state index is -0.162. The van der Waals surface area contributed by atoms with Gasteiger partial charge in [0.05, 0.1) is 17.7 Å². The largest absolute Gasteiger partial charge is 0.489 e. The van der Waals surface area contributed by atoms with E-state index in [0.717, 1.165) is 19.1 Å². The molecule has 1 saturated carbocycles. The summed E-state index contributed by atoms with van der Waals surface area (Å²) >= 11 is 0. The first-order valence-electron chi connectivity index (χ1n) is 5.77. The van der Waals surface area contributed by atoms with Gasteiger partial charge in [0.1, 0.15) is 12.0 Å². The molecule has 2 aliphatic carbocycles. The number of carbonyl (C=O) groups excluding carboxylic acids is 1. The molecule has 2 aliphatic rings. The Bertz CT molecular complexity index is 370. The van der Waals surface area contributed by atoms with Crippen molar-refractivity contribution in [3.05, 3.63) is 23.5 Å². The molecule has 1 fully saturated rings. The van der Waals surface area contributed by atoms with E-state index in [1.54, 1.807) is 6.08 Å². The fraction of sp³-hybridized carbons (Fsp3) is 0.538. The van der Waals surface area contributed by atoms with Gasteiger partial charge in [-0.3, -0.25) is 0 Å². The van der Waals surface area contributed by atoms with E-state index in [2.05, 4.69) is 6.07 Å². The zero-order valence-electron chi connectivity index (χ0n) is 9.19. The van der Waals surface area contributed by atoms with Crippen molar-refractivity contribution in [2.75, 3.05) is 0 Å². The highest BCUT2D eigenvalue weighted by molar-refractivity contribution is 5.60. The lowest BCUT2D eigenvalue weighted by Gasteiger charge is -2.19. The fourth-order valence-electron chi connectivity index (χ4n) is 2.21. The smallest absolute Gasteiger partial charge is 0.133 e. The Labute approximate surface area is 95.4 Å². The van der Waals surface area contributed by atoms with Crippen LogP contribution in [0.5, 0.6) is 0 Å². The number of rotatable bonds is 3. The highest BCUT2D eigenvalue weighted by atomic mass is 16.5. The summed E-state index contributed by atoms with van der Waals surface area (Å²) in [5.41, 5.74) is 0.603. The second-order valence-electron chi connectivity index (χ2n) is 4.34. The molecule has 0 N–H and O–H groups in total. The standard InChI is InChI=1S/C13H15NO2/c14-8-11-7-10(9-15)5-6-13(11)16-12-3-1-2-4-12/h5-6,9-10,12H,1-4,7H2. The fourth-order valence-corrected chi connectivity index (χ4v) is 2.21. The van der Waals surface area contributed by atoms with Crippen LogP contribution in [0.2, 0.25) is 0 Å². The average Bonchev–Trinajstić information content (AvgIpc) is 2.82. The van der Waals surface area contributed by atoms with Crippen LogP contribution in [0.3, 0.4) is 0 Å². The second kappa shape index (κ2) is 4.98. The Balaban J connectivity index is 2.06. The maximum Gasteiger partial charge on any atom is 0.133 e. The van der Waals surface area contributed by atoms with Crippen molar-refractivity contribution in [2.24, 2.45) is 5.92 Å². The summed E-state index contributed by atoms with van der Waals surface area (Å²) < 4.78 is 5.80. The molecule has 0 radical (unpaired) electrons. The summed E-state index contributed by atoms with van der Waals surface area (Å²) in [6.45, 7) is 0. The summed E-state index contributed by atoms with van der Waals surface area (Å²) in [4.78, 5) is 10.6. The third kappa shape index (κ3) is 2.33. The molecule has 0 saturated heterocycles. The van der Waals surface area contributed by atoms with Crippen molar-refractivity contribution in [1.82, 2.24) is 0 Å². The van der Waals surface area contributed by atoms with E-state index < -0.39 is 0 Å². The van der Waals surface area contributed by atoms with Crippen LogP contribution >= 0.6 is 0 Å². The molecule has 2 rings (SSSR count). The number of hydrogen-bond donors (Lipinski definition) is 0. The molecular weight excluding hydrogens is 202 g/mol. The van der Waals surface area contributed by atoms with Crippen LogP contribution in [-0.2, 0) is 9.53 Å². The molecule has 0 amide bonds. The van der Waals surface area contributed by atoms with E-state index in [9.17, 15) is 4.79 Å². The minimum absolute atomic E-state index is 0.162. The van der Waals surface area contributed by atoms with Gasteiger partial charge in [0.15, 0.2) is 0 Å². The van der Waals surface area contributed by atoms with Gasteiger partial charge in [-0.25, -0.2) is 0 Å². The zero-order valence-corrected chi connectivity index (χ0v) is 9.19. The highest BCUT2D eigenvalue weighted by Gasteiger charge is 2.21. The van der Waals surface area contributed by atoms with Crippen LogP contribution in [0.15, 0.2) is 23.5 Å². The van der Waals surface area contributed by atoms with Gasteiger partial charge in [0, 0.05) is 5.92 Å². The quantitative estimate of drug-likeness (QED) is 0.682. The van der Waals surface area contributed by atoms with Gasteiger partial charge in [-0.15, -0.1) is 0 Å². The van der Waals surface area contributed by atoms with Crippen molar-refractivity contribution in [3.63, 3.8) is 0 Å². The van der Waals surface area contributed by atoms with Crippen LogP contribution in [0.4, 0.5) is 0 Å². The topological polar surface area (TPSA) is 50.1 Å². The molecule has 84 valence electrons. The second-order valence-corrected chi connectivity index (χ2v) is 4.34. The van der Waals surface area contributed by atoms with Crippen molar-refractivity contribution in [3.8, 4) is 6.07 Å². The predicted molar refractivity (Wildman–Crippen MR) is 59.3 cm³/mol. The third-order valence-electron chi connectivity index (χ3n) is 3.14. The van der Waals surface area contributed by atoms with E-state index >= 15 is 0 Å². The van der Waals surface area contributed by atoms with Gasteiger partial charge in [0.2, 0.25) is 0 Å². The van der Waals surface area contributed by atoms with Crippen LogP contribution in [0, 0.1) is 17.2 Å². The number of nitrogens with zero attached hydrogens (tertiary/aromatic N) is 1. The maximum atomic E-state index is 10.6. The first-order valence-corrected chi connectivity index (χ1v) is 5.77. The SMILES string of the molecule is N#CC1=C(OC2CCCC2)C=CC(C=O)C1. The van der Waals surface area contributed by atoms with Gasteiger partial charge in [0.25, 0.3) is 0 Å². The van der Waals surface area contributed by atoms with Crippen LogP contribution in [0.25, 0.3) is 0 Å². The van der Waals surface area contributed by atoms with E-state index in [-0.39, 0.29) is 12.0 Å². The Morgan fingerprint density at radius 1 is 1.44 bits per heavy atom. The number of aldehydes is 1. The molecule has 0 heterocycles. The molecule has 0 aromatic heterocycles. The number of ether oxygens (including phenoxy) is 1. The third-order valence-corrected chi connectivity index (χ3v) is 3.14. The molecule has 0 aromatic carbocycles. The normalized spacial score (nSPS) is 25.6. The first-order chi connectivity index (χ1) is 7.83. The Morgan fingerprint density at radius 3 is 2.81 bits per heavy atom. The first kappa shape index (κ1) is 10.9. The summed E-state index contributed by atoms with van der Waals surface area (Å²) in [5, 5.41) is 9.01. The maximum absolute atomic E-state index is 10.6. The molecule has 0 aromatic rings. The zero-order chi connectivity index (χ0) is 11.4. The van der Waals surface area contributed by atoms with Crippen molar-refractivity contribution >= 4 is 6.29 Å². The van der Waals surface area contributed by atoms with Crippen LogP contribution in [0.1, 0.15) is 32.1 Å². The number of hydrogen-bond acceptors (Lipinski definition) is 3. The lowest BCUT2D eigenvalue weighted by molar-refractivity contribution is -0.109. The molecule has 0 bridgehead atoms. The molecule has 0 aliphatic heterocycles. The molecule has 0 spiro atoms. The number of allylic oxidation sites excluding steroid dienone is 3. The molecule has 1 unspecified atom stereocenters. The summed E-state index contributed by atoms with van der Waals surface area (Å²) in [5.74, 6) is 0.512. The van der Waals surface area contributed by atoms with E-state index in [4.69, 9.17) is 10.00 Å². The van der Waals surface area contributed by atoms with Crippen molar-refractivity contribution < 1.29 is 9.53 Å². The predicted octanol–water partition coefficient (Wildman–Crippen LogP) is 2.50. The van der Waals surface area contributed by atoms with Gasteiger partial charge in [-0.1, -0.05) is 6.08 Å². The molecule has 3 nitrogen and oxygen atoms in total. The summed E-state index contributed by atoms with van der Waals surface area (Å²) in [6.07, 6.45) is 9.79. The van der Waals surface area contributed by atoms with Gasteiger partial charge < -0.3 is 9.53 Å². The number of carbonyl (C=O) groups is 1. The van der Waals surface area contributed by atoms with Gasteiger partial charge in [-0.05, 0) is 38.2 Å². The highest BCUT2D eigenvalue weighted by Crippen LogP contribution is 2.28. The van der Waals surface area contributed by atoms with Crippen LogP contribution < -0.4 is 0 Å². The number of nitriles is 1. The van der Waals surface area contributed by atoms with Gasteiger partial charge in [-0.2, -0.15) is 5.26 Å². The Kier molecular flexibility index (Phi) is 3.40. The molecule has 1 atom stereocenters.